The van der Waals surface area contributed by atoms with Gasteiger partial charge in [-0.3, -0.25) is 0 Å². The van der Waals surface area contributed by atoms with E-state index in [2.05, 4.69) is 4.40 Å². The topological polar surface area (TPSA) is 76.0 Å². The highest BCUT2D eigenvalue weighted by atomic mass is 35.5. The molecule has 1 saturated heterocycles. The largest absolute Gasteiger partial charge is 0.448 e. The molecule has 3 heterocycles. The van der Waals surface area contributed by atoms with E-state index in [-0.39, 0.29) is 53.2 Å². The fourth-order valence-electron chi connectivity index (χ4n) is 4.56. The van der Waals surface area contributed by atoms with E-state index in [4.69, 9.17) is 27.9 Å². The van der Waals surface area contributed by atoms with Gasteiger partial charge in [-0.25, -0.2) is 22.0 Å². The van der Waals surface area contributed by atoms with Gasteiger partial charge in [0.1, 0.15) is 0 Å². The molecule has 0 aliphatic carbocycles. The van der Waals surface area contributed by atoms with Gasteiger partial charge < -0.3 is 4.74 Å². The van der Waals surface area contributed by atoms with Crippen molar-refractivity contribution in [2.75, 3.05) is 18.8 Å². The van der Waals surface area contributed by atoms with E-state index in [0.29, 0.717) is 5.56 Å². The molecule has 1 fully saturated rings. The molecule has 1 spiro atoms. The molecule has 0 aromatic heterocycles. The van der Waals surface area contributed by atoms with Crippen LogP contribution in [0.4, 0.5) is 17.6 Å². The highest BCUT2D eigenvalue weighted by Crippen LogP contribution is 2.57. The highest BCUT2D eigenvalue weighted by molar-refractivity contribution is 7.99. The van der Waals surface area contributed by atoms with Crippen LogP contribution in [-0.4, -0.2) is 49.4 Å². The predicted molar refractivity (Wildman–Crippen MR) is 127 cm³/mol. The first-order valence-electron chi connectivity index (χ1n) is 10.6. The lowest BCUT2D eigenvalue weighted by Gasteiger charge is -2.45. The zero-order valence-electron chi connectivity index (χ0n) is 18.3. The van der Waals surface area contributed by atoms with Crippen molar-refractivity contribution in [1.82, 2.24) is 4.31 Å². The van der Waals surface area contributed by atoms with Gasteiger partial charge in [-0.15, -0.1) is 0 Å². The highest BCUT2D eigenvalue weighted by Gasteiger charge is 2.61. The average molecular weight is 583 g/mol. The van der Waals surface area contributed by atoms with Crippen LogP contribution in [0.1, 0.15) is 40.4 Å². The first-order valence-corrected chi connectivity index (χ1v) is 13.7. The molecule has 3 aliphatic rings. The van der Waals surface area contributed by atoms with E-state index < -0.39 is 54.8 Å². The molecule has 6 nitrogen and oxygen atoms in total. The number of fused-ring (bicyclic) bond motifs is 2. The van der Waals surface area contributed by atoms with Crippen LogP contribution in [0.3, 0.4) is 0 Å². The lowest BCUT2D eigenvalue weighted by atomic mass is 9.85. The van der Waals surface area contributed by atoms with Crippen molar-refractivity contribution in [1.29, 1.82) is 0 Å². The van der Waals surface area contributed by atoms with E-state index >= 15 is 0 Å². The Morgan fingerprint density at radius 1 is 1.17 bits per heavy atom. The van der Waals surface area contributed by atoms with Crippen LogP contribution in [0.25, 0.3) is 0 Å². The number of halogens is 6. The van der Waals surface area contributed by atoms with E-state index in [9.17, 15) is 30.8 Å². The van der Waals surface area contributed by atoms with Gasteiger partial charge in [0.05, 0.1) is 40.2 Å². The summed E-state index contributed by atoms with van der Waals surface area (Å²) in [6.07, 6.45) is -5.41. The Hall–Kier alpha value is -1.86. The monoisotopic (exact) mass is 582 g/mol. The first-order chi connectivity index (χ1) is 16.7. The number of alkyl halides is 3. The summed E-state index contributed by atoms with van der Waals surface area (Å²) in [4.78, 5) is 12.6. The van der Waals surface area contributed by atoms with Gasteiger partial charge in [-0.1, -0.05) is 35.3 Å². The molecule has 1 atom stereocenters. The minimum absolute atomic E-state index is 0.0265. The van der Waals surface area contributed by atoms with Crippen LogP contribution in [0, 0.1) is 5.82 Å². The molecule has 3 aliphatic heterocycles. The molecule has 36 heavy (non-hydrogen) atoms. The van der Waals surface area contributed by atoms with Gasteiger partial charge in [0.25, 0.3) is 0 Å². The number of benzene rings is 2. The summed E-state index contributed by atoms with van der Waals surface area (Å²) in [6, 6.07) is 6.25. The lowest BCUT2D eigenvalue weighted by molar-refractivity contribution is -0.159. The number of hydrogen-bond donors (Lipinski definition) is 0. The number of nitrogens with zero attached hydrogens (tertiary/aromatic N) is 2. The summed E-state index contributed by atoms with van der Waals surface area (Å²) in [6.45, 7) is 1.46. The number of ether oxygens (including phenoxy) is 1. The second-order valence-corrected chi connectivity index (χ2v) is 12.8. The summed E-state index contributed by atoms with van der Waals surface area (Å²) >= 11 is 11.8. The van der Waals surface area contributed by atoms with Crippen LogP contribution in [0.15, 0.2) is 34.7 Å². The maximum atomic E-state index is 14.4. The minimum atomic E-state index is -4.80. The molecule has 5 rings (SSSR count). The Morgan fingerprint density at radius 2 is 1.81 bits per heavy atom. The van der Waals surface area contributed by atoms with Crippen molar-refractivity contribution in [2.24, 2.45) is 4.40 Å². The SMILES string of the molecule is CCS(=O)(=O)N1CC2(C1)OC(=O)c1cc(C3=NSC(c4cc(Cl)c(F)c(Cl)c4)(C(F)(F)F)C3)ccc12. The number of sulfonamides is 1. The normalized spacial score (nSPS) is 23.4. The molecular weight excluding hydrogens is 567 g/mol. The summed E-state index contributed by atoms with van der Waals surface area (Å²) in [7, 11) is -3.46. The van der Waals surface area contributed by atoms with Crippen molar-refractivity contribution < 1.29 is 35.5 Å². The summed E-state index contributed by atoms with van der Waals surface area (Å²) in [5.74, 6) is -1.80. The second kappa shape index (κ2) is 8.32. The molecule has 0 bridgehead atoms. The molecule has 0 N–H and O–H groups in total. The van der Waals surface area contributed by atoms with Crippen molar-refractivity contribution in [3.8, 4) is 0 Å². The van der Waals surface area contributed by atoms with Gasteiger partial charge in [0.2, 0.25) is 10.0 Å². The Bertz CT molecular complexity index is 1420. The summed E-state index contributed by atoms with van der Waals surface area (Å²) in [5.41, 5.74) is -0.500. The van der Waals surface area contributed by atoms with Crippen molar-refractivity contribution >= 4 is 56.9 Å². The predicted octanol–water partition coefficient (Wildman–Crippen LogP) is 5.46. The zero-order chi connectivity index (χ0) is 26.3. The number of rotatable bonds is 4. The fraction of sp³-hybridized carbons (Fsp3) is 0.364. The average Bonchev–Trinajstić information content (AvgIpc) is 3.37. The maximum Gasteiger partial charge on any atom is 0.409 e. The van der Waals surface area contributed by atoms with Gasteiger partial charge in [-0.2, -0.15) is 17.5 Å². The van der Waals surface area contributed by atoms with Crippen molar-refractivity contribution in [3.63, 3.8) is 0 Å². The molecule has 0 radical (unpaired) electrons. The third-order valence-electron chi connectivity index (χ3n) is 6.61. The Balaban J connectivity index is 1.46. The molecular formula is C22H16Cl2F4N2O4S2. The number of carbonyl (C=O) groups is 1. The molecule has 1 unspecified atom stereocenters. The molecule has 2 aromatic rings. The summed E-state index contributed by atoms with van der Waals surface area (Å²) < 4.78 is 89.3. The zero-order valence-corrected chi connectivity index (χ0v) is 21.5. The van der Waals surface area contributed by atoms with Gasteiger partial charge >= 0.3 is 12.1 Å². The lowest BCUT2D eigenvalue weighted by Crippen LogP contribution is -2.61. The quantitative estimate of drug-likeness (QED) is 0.207. The molecule has 2 aromatic carbocycles. The molecule has 14 heteroatoms. The Kier molecular flexibility index (Phi) is 5.96. The van der Waals surface area contributed by atoms with Gasteiger partial charge in [0, 0.05) is 12.0 Å². The van der Waals surface area contributed by atoms with Crippen LogP contribution in [0.5, 0.6) is 0 Å². The first kappa shape index (κ1) is 25.8. The number of hydrogen-bond acceptors (Lipinski definition) is 6. The van der Waals surface area contributed by atoms with E-state index in [0.717, 1.165) is 12.1 Å². The standard InChI is InChI=1S/C22H16Cl2F4N2O4S2/c1-2-36(32,33)30-9-20(10-30)14-4-3-11(5-13(14)19(31)34-20)17-8-21(35-29-17,22(26,27)28)12-6-15(23)18(25)16(24)7-12/h3-7H,2,8-10H2,1H3. The molecule has 192 valence electrons. The van der Waals surface area contributed by atoms with Crippen LogP contribution >= 0.6 is 35.1 Å². The smallest absolute Gasteiger partial charge is 0.409 e. The number of carbonyl (C=O) groups excluding carboxylic acids is 1. The van der Waals surface area contributed by atoms with Crippen molar-refractivity contribution in [3.05, 3.63) is 68.4 Å². The third kappa shape index (κ3) is 3.75. The number of esters is 1. The Morgan fingerprint density at radius 3 is 2.39 bits per heavy atom. The maximum absolute atomic E-state index is 14.4. The molecule has 0 amide bonds. The van der Waals surface area contributed by atoms with Crippen LogP contribution in [-0.2, 0) is 25.1 Å². The Labute approximate surface area is 217 Å². The van der Waals surface area contributed by atoms with E-state index in [1.54, 1.807) is 6.07 Å². The van der Waals surface area contributed by atoms with E-state index in [1.165, 1.54) is 23.4 Å². The van der Waals surface area contributed by atoms with E-state index in [1.807, 2.05) is 0 Å². The minimum Gasteiger partial charge on any atom is -0.448 e. The van der Waals surface area contributed by atoms with Gasteiger partial charge in [-0.05, 0) is 48.2 Å². The third-order valence-corrected chi connectivity index (χ3v) is 10.2. The van der Waals surface area contributed by atoms with Crippen molar-refractivity contribution in [2.45, 2.75) is 29.9 Å². The second-order valence-electron chi connectivity index (χ2n) is 8.70. The fourth-order valence-corrected chi connectivity index (χ4v) is 7.19. The van der Waals surface area contributed by atoms with Crippen LogP contribution in [0.2, 0.25) is 10.0 Å². The van der Waals surface area contributed by atoms with Gasteiger partial charge in [0.15, 0.2) is 16.2 Å². The summed E-state index contributed by atoms with van der Waals surface area (Å²) in [5, 5.41) is -1.08. The van der Waals surface area contributed by atoms with Crippen LogP contribution < -0.4 is 0 Å². The molecule has 0 saturated carbocycles.